The minimum Gasteiger partial charge on any atom is -0.0999 e. The molecule has 0 amide bonds. The SMILES string of the molecule is C=C(/C=C/CC(=C)CC(=C)CCC(=C)CCC(CC)CCCC(C)(C)C)CC.CC. The molecule has 0 heteroatoms. The van der Waals surface area contributed by atoms with E-state index in [1.807, 2.05) is 13.8 Å². The van der Waals surface area contributed by atoms with Gasteiger partial charge in [0.25, 0.3) is 0 Å². The van der Waals surface area contributed by atoms with E-state index in [0.29, 0.717) is 5.41 Å². The Labute approximate surface area is 191 Å². The highest BCUT2D eigenvalue weighted by Gasteiger charge is 2.12. The largest absolute Gasteiger partial charge is 0.0999 e. The molecule has 0 aliphatic rings. The standard InChI is InChI=1S/C28H48.C2H6/c1-10-23(3)14-12-15-25(5)22-26(6)18-17-24(4)19-20-27(11-2)16-13-21-28(7,8)9;1-2/h12,14,27H,3-6,10-11,13,15-22H2,1-2,7-9H3;1-2H3/b14-12+;. The molecule has 0 aromatic rings. The molecule has 1 unspecified atom stereocenters. The fourth-order valence-corrected chi connectivity index (χ4v) is 3.38. The Bertz CT molecular complexity index is 521. The third kappa shape index (κ3) is 20.0. The van der Waals surface area contributed by atoms with Crippen LogP contribution in [-0.2, 0) is 0 Å². The third-order valence-corrected chi connectivity index (χ3v) is 5.57. The van der Waals surface area contributed by atoms with Gasteiger partial charge in [-0.05, 0) is 62.7 Å². The van der Waals surface area contributed by atoms with Gasteiger partial charge in [0.15, 0.2) is 0 Å². The summed E-state index contributed by atoms with van der Waals surface area (Å²) in [6.07, 6.45) is 17.1. The zero-order chi connectivity index (χ0) is 23.6. The number of allylic oxidation sites excluding steroid dienone is 6. The molecule has 0 heterocycles. The lowest BCUT2D eigenvalue weighted by Crippen LogP contribution is -2.07. The lowest BCUT2D eigenvalue weighted by molar-refractivity contribution is 0.327. The minimum atomic E-state index is 0.464. The van der Waals surface area contributed by atoms with Crippen LogP contribution in [0.2, 0.25) is 0 Å². The molecule has 0 bridgehead atoms. The molecular weight excluding hydrogens is 360 g/mol. The molecule has 0 fully saturated rings. The number of rotatable bonds is 16. The summed E-state index contributed by atoms with van der Waals surface area (Å²) in [5.41, 5.74) is 5.55. The summed E-state index contributed by atoms with van der Waals surface area (Å²) in [5.74, 6) is 0.853. The van der Waals surface area contributed by atoms with Crippen LogP contribution in [0.1, 0.15) is 119 Å². The maximum Gasteiger partial charge on any atom is -0.0111 e. The summed E-state index contributed by atoms with van der Waals surface area (Å²) in [4.78, 5) is 0. The maximum absolute atomic E-state index is 4.33. The van der Waals surface area contributed by atoms with E-state index in [-0.39, 0.29) is 0 Å². The predicted octanol–water partition coefficient (Wildman–Crippen LogP) is 10.8. The molecule has 0 saturated heterocycles. The van der Waals surface area contributed by atoms with Gasteiger partial charge in [-0.2, -0.15) is 0 Å². The van der Waals surface area contributed by atoms with Gasteiger partial charge in [-0.15, -0.1) is 0 Å². The van der Waals surface area contributed by atoms with E-state index in [1.165, 1.54) is 60.8 Å². The average molecular weight is 415 g/mol. The van der Waals surface area contributed by atoms with Crippen LogP contribution in [0.25, 0.3) is 0 Å². The van der Waals surface area contributed by atoms with Crippen LogP contribution in [0, 0.1) is 11.3 Å². The van der Waals surface area contributed by atoms with E-state index in [0.717, 1.165) is 38.0 Å². The quantitative estimate of drug-likeness (QED) is 0.174. The van der Waals surface area contributed by atoms with Crippen molar-refractivity contribution in [2.45, 2.75) is 119 Å². The summed E-state index contributed by atoms with van der Waals surface area (Å²) in [7, 11) is 0. The monoisotopic (exact) mass is 414 g/mol. The van der Waals surface area contributed by atoms with E-state index < -0.39 is 0 Å². The molecule has 0 aromatic carbocycles. The number of hydrogen-bond acceptors (Lipinski definition) is 0. The molecule has 30 heavy (non-hydrogen) atoms. The molecular formula is C30H54. The molecule has 0 aliphatic heterocycles. The third-order valence-electron chi connectivity index (χ3n) is 5.57. The van der Waals surface area contributed by atoms with Crippen molar-refractivity contribution in [3.63, 3.8) is 0 Å². The van der Waals surface area contributed by atoms with E-state index in [9.17, 15) is 0 Å². The van der Waals surface area contributed by atoms with Gasteiger partial charge < -0.3 is 0 Å². The van der Waals surface area contributed by atoms with Crippen molar-refractivity contribution in [1.82, 2.24) is 0 Å². The van der Waals surface area contributed by atoms with Crippen LogP contribution in [0.15, 0.2) is 60.8 Å². The highest BCUT2D eigenvalue weighted by atomic mass is 14.2. The highest BCUT2D eigenvalue weighted by Crippen LogP contribution is 2.27. The molecule has 1 atom stereocenters. The molecule has 0 spiro atoms. The van der Waals surface area contributed by atoms with Crippen molar-refractivity contribution in [2.75, 3.05) is 0 Å². The van der Waals surface area contributed by atoms with Crippen molar-refractivity contribution in [2.24, 2.45) is 11.3 Å². The van der Waals surface area contributed by atoms with Gasteiger partial charge in [-0.25, -0.2) is 0 Å². The Hall–Kier alpha value is -1.30. The minimum absolute atomic E-state index is 0.464. The average Bonchev–Trinajstić information content (AvgIpc) is 2.69. The Morgan fingerprint density at radius 3 is 1.97 bits per heavy atom. The van der Waals surface area contributed by atoms with Crippen LogP contribution >= 0.6 is 0 Å². The van der Waals surface area contributed by atoms with E-state index >= 15 is 0 Å². The van der Waals surface area contributed by atoms with Crippen LogP contribution < -0.4 is 0 Å². The molecule has 0 nitrogen and oxygen atoms in total. The fraction of sp³-hybridized carbons (Fsp3) is 0.667. The first-order valence-corrected chi connectivity index (χ1v) is 12.4. The second kappa shape index (κ2) is 18.5. The Balaban J connectivity index is 0. The maximum atomic E-state index is 4.33. The summed E-state index contributed by atoms with van der Waals surface area (Å²) < 4.78 is 0. The van der Waals surface area contributed by atoms with Crippen LogP contribution in [0.3, 0.4) is 0 Å². The summed E-state index contributed by atoms with van der Waals surface area (Å²) in [6.45, 7) is 32.3. The molecule has 0 rings (SSSR count). The first-order chi connectivity index (χ1) is 14.1. The Morgan fingerprint density at radius 2 is 1.43 bits per heavy atom. The topological polar surface area (TPSA) is 0 Å². The van der Waals surface area contributed by atoms with Gasteiger partial charge in [0.05, 0.1) is 0 Å². The highest BCUT2D eigenvalue weighted by molar-refractivity contribution is 5.18. The summed E-state index contributed by atoms with van der Waals surface area (Å²) in [6, 6.07) is 0. The predicted molar refractivity (Wildman–Crippen MR) is 142 cm³/mol. The van der Waals surface area contributed by atoms with Crippen molar-refractivity contribution in [3.05, 3.63) is 60.8 Å². The van der Waals surface area contributed by atoms with Gasteiger partial charge in [0, 0.05) is 0 Å². The van der Waals surface area contributed by atoms with Crippen molar-refractivity contribution in [3.8, 4) is 0 Å². The van der Waals surface area contributed by atoms with Crippen LogP contribution in [0.5, 0.6) is 0 Å². The second-order valence-electron chi connectivity index (χ2n) is 9.81. The van der Waals surface area contributed by atoms with E-state index in [4.69, 9.17) is 0 Å². The molecule has 0 radical (unpaired) electrons. The zero-order valence-electron chi connectivity index (χ0n) is 21.8. The van der Waals surface area contributed by atoms with Crippen molar-refractivity contribution < 1.29 is 0 Å². The first kappa shape index (κ1) is 30.9. The zero-order valence-corrected chi connectivity index (χ0v) is 21.8. The first-order valence-electron chi connectivity index (χ1n) is 12.4. The van der Waals surface area contributed by atoms with Gasteiger partial charge in [-0.1, -0.05) is 128 Å². The molecule has 0 aliphatic carbocycles. The van der Waals surface area contributed by atoms with E-state index in [1.54, 1.807) is 0 Å². The van der Waals surface area contributed by atoms with Crippen LogP contribution in [-0.4, -0.2) is 0 Å². The van der Waals surface area contributed by atoms with Crippen molar-refractivity contribution >= 4 is 0 Å². The van der Waals surface area contributed by atoms with Gasteiger partial charge >= 0.3 is 0 Å². The van der Waals surface area contributed by atoms with Gasteiger partial charge in [0.1, 0.15) is 0 Å². The lowest BCUT2D eigenvalue weighted by Gasteiger charge is -2.21. The summed E-state index contributed by atoms with van der Waals surface area (Å²) in [5, 5.41) is 0. The van der Waals surface area contributed by atoms with E-state index in [2.05, 4.69) is 73.1 Å². The van der Waals surface area contributed by atoms with Gasteiger partial charge in [0.2, 0.25) is 0 Å². The Kier molecular flexibility index (Phi) is 19.0. The van der Waals surface area contributed by atoms with Crippen LogP contribution in [0.4, 0.5) is 0 Å². The summed E-state index contributed by atoms with van der Waals surface area (Å²) >= 11 is 0. The van der Waals surface area contributed by atoms with Crippen molar-refractivity contribution in [1.29, 1.82) is 0 Å². The molecule has 0 saturated carbocycles. The normalized spacial score (nSPS) is 12.2. The number of hydrogen-bond donors (Lipinski definition) is 0. The molecule has 0 aromatic heterocycles. The Morgan fingerprint density at radius 1 is 0.833 bits per heavy atom. The fourth-order valence-electron chi connectivity index (χ4n) is 3.38. The lowest BCUT2D eigenvalue weighted by atomic mass is 9.85. The van der Waals surface area contributed by atoms with Gasteiger partial charge in [-0.3, -0.25) is 0 Å². The molecule has 174 valence electrons. The smallest absolute Gasteiger partial charge is 0.0111 e. The molecule has 0 N–H and O–H groups in total. The second-order valence-corrected chi connectivity index (χ2v) is 9.81.